The fraction of sp³-hybridized carbons (Fsp3) is 0.450. The SMILES string of the molecule is CCCCCN1C(=O)C(=C2SC(=S)N(CCCC)C2=O)c2cc(Br)ccc21. The lowest BCUT2D eigenvalue weighted by Crippen LogP contribution is -2.30. The molecule has 2 aliphatic heterocycles. The average Bonchev–Trinajstić information content (AvgIpc) is 3.06. The molecule has 1 aromatic rings. The Labute approximate surface area is 178 Å². The Hall–Kier alpha value is -1.18. The number of unbranched alkanes of at least 4 members (excludes halogenated alkanes) is 3. The highest BCUT2D eigenvalue weighted by Gasteiger charge is 2.41. The van der Waals surface area contributed by atoms with Gasteiger partial charge in [0.25, 0.3) is 11.8 Å². The van der Waals surface area contributed by atoms with E-state index in [4.69, 9.17) is 12.2 Å². The maximum Gasteiger partial charge on any atom is 0.267 e. The third-order valence-corrected chi connectivity index (χ3v) is 6.72. The molecular weight excluding hydrogens is 444 g/mol. The number of benzene rings is 1. The van der Waals surface area contributed by atoms with Crippen LogP contribution in [0.4, 0.5) is 5.69 Å². The van der Waals surface area contributed by atoms with Crippen molar-refractivity contribution in [1.29, 1.82) is 0 Å². The number of thioether (sulfide) groups is 1. The van der Waals surface area contributed by atoms with Crippen molar-refractivity contribution in [3.05, 3.63) is 33.1 Å². The first-order valence-electron chi connectivity index (χ1n) is 9.39. The van der Waals surface area contributed by atoms with Gasteiger partial charge in [-0.3, -0.25) is 14.5 Å². The minimum atomic E-state index is -0.136. The Morgan fingerprint density at radius 2 is 1.70 bits per heavy atom. The van der Waals surface area contributed by atoms with Crippen LogP contribution in [0.2, 0.25) is 0 Å². The molecule has 0 saturated carbocycles. The number of rotatable bonds is 7. The Morgan fingerprint density at radius 1 is 1.00 bits per heavy atom. The number of carbonyl (C=O) groups excluding carboxylic acids is 2. The van der Waals surface area contributed by atoms with Gasteiger partial charge in [-0.2, -0.15) is 0 Å². The summed E-state index contributed by atoms with van der Waals surface area (Å²) in [5, 5.41) is 0. The van der Waals surface area contributed by atoms with Crippen molar-refractivity contribution in [2.24, 2.45) is 0 Å². The standard InChI is InChI=1S/C20H23BrN2O2S2/c1-3-5-7-11-22-15-9-8-13(21)12-14(15)16(18(22)24)17-19(25)23(10-6-4-2)20(26)27-17/h8-9,12H,3-7,10-11H2,1-2H3. The summed E-state index contributed by atoms with van der Waals surface area (Å²) in [6.45, 7) is 5.50. The number of amides is 2. The minimum absolute atomic E-state index is 0.0878. The summed E-state index contributed by atoms with van der Waals surface area (Å²) in [6.07, 6.45) is 5.00. The van der Waals surface area contributed by atoms with Gasteiger partial charge >= 0.3 is 0 Å². The predicted molar refractivity (Wildman–Crippen MR) is 120 cm³/mol. The van der Waals surface area contributed by atoms with Crippen molar-refractivity contribution >= 4 is 67.3 Å². The molecule has 3 rings (SSSR count). The van der Waals surface area contributed by atoms with Gasteiger partial charge in [-0.15, -0.1) is 0 Å². The lowest BCUT2D eigenvalue weighted by molar-refractivity contribution is -0.122. The molecule has 0 aliphatic carbocycles. The first kappa shape index (κ1) is 20.6. The highest BCUT2D eigenvalue weighted by molar-refractivity contribution is 9.10. The van der Waals surface area contributed by atoms with E-state index in [-0.39, 0.29) is 11.8 Å². The van der Waals surface area contributed by atoms with E-state index in [1.54, 1.807) is 4.90 Å². The minimum Gasteiger partial charge on any atom is -0.308 e. The molecule has 144 valence electrons. The van der Waals surface area contributed by atoms with Crippen LogP contribution < -0.4 is 4.90 Å². The molecule has 1 fully saturated rings. The van der Waals surface area contributed by atoms with Gasteiger partial charge in [0.2, 0.25) is 0 Å². The van der Waals surface area contributed by atoms with Crippen LogP contribution in [0.5, 0.6) is 0 Å². The van der Waals surface area contributed by atoms with Crippen LogP contribution in [0.25, 0.3) is 5.57 Å². The van der Waals surface area contributed by atoms with Gasteiger partial charge in [-0.1, -0.05) is 73.0 Å². The number of hydrogen-bond acceptors (Lipinski definition) is 4. The molecular formula is C20H23BrN2O2S2. The third-order valence-electron chi connectivity index (χ3n) is 4.77. The molecule has 0 atom stereocenters. The van der Waals surface area contributed by atoms with Gasteiger partial charge in [0.1, 0.15) is 4.32 Å². The van der Waals surface area contributed by atoms with Crippen LogP contribution in [0.3, 0.4) is 0 Å². The first-order chi connectivity index (χ1) is 13.0. The van der Waals surface area contributed by atoms with Crippen LogP contribution in [-0.4, -0.2) is 34.1 Å². The molecule has 0 unspecified atom stereocenters. The molecule has 1 aromatic carbocycles. The monoisotopic (exact) mass is 466 g/mol. The fourth-order valence-corrected chi connectivity index (χ4v) is 5.06. The summed E-state index contributed by atoms with van der Waals surface area (Å²) in [7, 11) is 0. The predicted octanol–water partition coefficient (Wildman–Crippen LogP) is 5.36. The lowest BCUT2D eigenvalue weighted by atomic mass is 10.1. The van der Waals surface area contributed by atoms with Crippen molar-refractivity contribution in [2.45, 2.75) is 46.0 Å². The van der Waals surface area contributed by atoms with Crippen LogP contribution in [0.15, 0.2) is 27.6 Å². The quantitative estimate of drug-likeness (QED) is 0.308. The summed E-state index contributed by atoms with van der Waals surface area (Å²) in [5.74, 6) is -0.224. The van der Waals surface area contributed by atoms with Crippen molar-refractivity contribution in [2.75, 3.05) is 18.0 Å². The number of thiocarbonyl (C=S) groups is 1. The highest BCUT2D eigenvalue weighted by atomic mass is 79.9. The second kappa shape index (κ2) is 8.88. The Bertz CT molecular complexity index is 822. The van der Waals surface area contributed by atoms with Crippen LogP contribution in [0, 0.1) is 0 Å². The van der Waals surface area contributed by atoms with E-state index in [2.05, 4.69) is 29.8 Å². The highest BCUT2D eigenvalue weighted by Crippen LogP contribution is 2.45. The van der Waals surface area contributed by atoms with Gasteiger partial charge in [0.15, 0.2) is 0 Å². The van der Waals surface area contributed by atoms with Crippen molar-refractivity contribution < 1.29 is 9.59 Å². The summed E-state index contributed by atoms with van der Waals surface area (Å²) >= 11 is 10.2. The molecule has 0 radical (unpaired) electrons. The first-order valence-corrected chi connectivity index (χ1v) is 11.4. The lowest BCUT2D eigenvalue weighted by Gasteiger charge is -2.16. The Kier molecular flexibility index (Phi) is 6.76. The second-order valence-electron chi connectivity index (χ2n) is 6.71. The zero-order chi connectivity index (χ0) is 19.6. The van der Waals surface area contributed by atoms with Gasteiger partial charge in [-0.25, -0.2) is 0 Å². The summed E-state index contributed by atoms with van der Waals surface area (Å²) in [5.41, 5.74) is 2.20. The molecule has 0 aromatic heterocycles. The third kappa shape index (κ3) is 4.00. The molecule has 0 bridgehead atoms. The molecule has 0 spiro atoms. The van der Waals surface area contributed by atoms with Crippen LogP contribution in [0.1, 0.15) is 51.5 Å². The number of fused-ring (bicyclic) bond motifs is 1. The average molecular weight is 467 g/mol. The number of carbonyl (C=O) groups is 2. The summed E-state index contributed by atoms with van der Waals surface area (Å²) in [6, 6.07) is 5.82. The van der Waals surface area contributed by atoms with E-state index in [1.165, 1.54) is 11.8 Å². The van der Waals surface area contributed by atoms with Gasteiger partial charge in [0.05, 0.1) is 16.2 Å². The molecule has 2 aliphatic rings. The zero-order valence-corrected chi connectivity index (χ0v) is 18.8. The summed E-state index contributed by atoms with van der Waals surface area (Å²) in [4.78, 5) is 30.2. The van der Waals surface area contributed by atoms with Crippen molar-refractivity contribution in [3.63, 3.8) is 0 Å². The van der Waals surface area contributed by atoms with Crippen molar-refractivity contribution in [3.8, 4) is 0 Å². The maximum absolute atomic E-state index is 13.3. The van der Waals surface area contributed by atoms with E-state index < -0.39 is 0 Å². The van der Waals surface area contributed by atoms with Crippen LogP contribution >= 0.6 is 39.9 Å². The molecule has 27 heavy (non-hydrogen) atoms. The smallest absolute Gasteiger partial charge is 0.267 e. The van der Waals surface area contributed by atoms with E-state index >= 15 is 0 Å². The Morgan fingerprint density at radius 3 is 2.41 bits per heavy atom. The number of anilines is 1. The number of halogens is 1. The largest absolute Gasteiger partial charge is 0.308 e. The maximum atomic E-state index is 13.3. The van der Waals surface area contributed by atoms with Crippen molar-refractivity contribution in [1.82, 2.24) is 4.90 Å². The van der Waals surface area contributed by atoms with Gasteiger partial charge < -0.3 is 4.90 Å². The Balaban J connectivity index is 2.01. The number of nitrogens with zero attached hydrogens (tertiary/aromatic N) is 2. The van der Waals surface area contributed by atoms with E-state index in [1.807, 2.05) is 23.1 Å². The second-order valence-corrected chi connectivity index (χ2v) is 9.27. The van der Waals surface area contributed by atoms with E-state index in [9.17, 15) is 9.59 Å². The fourth-order valence-electron chi connectivity index (χ4n) is 3.32. The van der Waals surface area contributed by atoms with Crippen LogP contribution in [-0.2, 0) is 9.59 Å². The zero-order valence-electron chi connectivity index (χ0n) is 15.6. The molecule has 2 amide bonds. The normalized spacial score (nSPS) is 19.4. The number of hydrogen-bond donors (Lipinski definition) is 0. The molecule has 7 heteroatoms. The molecule has 1 saturated heterocycles. The van der Waals surface area contributed by atoms with E-state index in [0.717, 1.165) is 47.8 Å². The summed E-state index contributed by atoms with van der Waals surface area (Å²) < 4.78 is 1.44. The van der Waals surface area contributed by atoms with Gasteiger partial charge in [-0.05, 0) is 31.0 Å². The van der Waals surface area contributed by atoms with E-state index in [0.29, 0.717) is 27.9 Å². The topological polar surface area (TPSA) is 40.6 Å². The van der Waals surface area contributed by atoms with Gasteiger partial charge in [0, 0.05) is 23.1 Å². The molecule has 0 N–H and O–H groups in total. The molecule has 4 nitrogen and oxygen atoms in total. The molecule has 2 heterocycles.